The molecule has 0 spiro atoms. The number of rotatable bonds is 14. The molecule has 0 aliphatic carbocycles. The summed E-state index contributed by atoms with van der Waals surface area (Å²) in [4.78, 5) is 69.0. The summed E-state index contributed by atoms with van der Waals surface area (Å²) in [6.45, 7) is 0. The van der Waals surface area contributed by atoms with Gasteiger partial charge in [-0.15, -0.1) is 0 Å². The van der Waals surface area contributed by atoms with Crippen molar-refractivity contribution in [2.45, 2.75) is 10.7 Å². The van der Waals surface area contributed by atoms with Crippen LogP contribution in [0.2, 0.25) is 0 Å². The molecular formula is C30H24N6O14S. The van der Waals surface area contributed by atoms with Crippen molar-refractivity contribution in [3.63, 3.8) is 0 Å². The minimum Gasteiger partial charge on any atom is -0.497 e. The first-order chi connectivity index (χ1) is 24.0. The van der Waals surface area contributed by atoms with Gasteiger partial charge in [-0.3, -0.25) is 50.0 Å². The second kappa shape index (κ2) is 15.0. The Kier molecular flexibility index (Phi) is 10.8. The molecule has 0 saturated heterocycles. The van der Waals surface area contributed by atoms with Gasteiger partial charge in [0, 0.05) is 24.3 Å². The highest BCUT2D eigenvalue weighted by Crippen LogP contribution is 2.34. The molecule has 264 valence electrons. The summed E-state index contributed by atoms with van der Waals surface area (Å²) in [6, 6.07) is 14.3. The second-order valence-corrected chi connectivity index (χ2v) is 12.5. The first kappa shape index (κ1) is 36.8. The van der Waals surface area contributed by atoms with Crippen molar-refractivity contribution in [2.24, 2.45) is 0 Å². The zero-order valence-corrected chi connectivity index (χ0v) is 27.0. The third-order valence-corrected chi connectivity index (χ3v) is 9.29. The zero-order chi connectivity index (χ0) is 37.6. The first-order valence-electron chi connectivity index (χ1n) is 14.1. The molecule has 0 bridgehead atoms. The van der Waals surface area contributed by atoms with Gasteiger partial charge >= 0.3 is 0 Å². The van der Waals surface area contributed by atoms with Crippen molar-refractivity contribution >= 4 is 44.4 Å². The van der Waals surface area contributed by atoms with Crippen LogP contribution in [0.1, 0.15) is 42.6 Å². The summed E-state index contributed by atoms with van der Waals surface area (Å²) in [7, 11) is -2.35. The normalized spacial score (nSPS) is 12.1. The number of nitro benzene ring substituents is 4. The molecule has 0 fully saturated rings. The highest BCUT2D eigenvalue weighted by molar-refractivity contribution is 7.91. The third-order valence-electron chi connectivity index (χ3n) is 7.19. The quantitative estimate of drug-likeness (QED) is 0.135. The molecule has 2 N–H and O–H groups in total. The van der Waals surface area contributed by atoms with Crippen LogP contribution in [-0.2, 0) is 9.84 Å². The summed E-state index contributed by atoms with van der Waals surface area (Å²) in [6.07, 6.45) is 0. The van der Waals surface area contributed by atoms with Crippen molar-refractivity contribution in [3.05, 3.63) is 148 Å². The van der Waals surface area contributed by atoms with Gasteiger partial charge in [-0.2, -0.15) is 0 Å². The number of hydrogen-bond acceptors (Lipinski definition) is 14. The molecule has 51 heavy (non-hydrogen) atoms. The lowest BCUT2D eigenvalue weighted by Crippen LogP contribution is -2.42. The van der Waals surface area contributed by atoms with E-state index in [0.717, 1.165) is 0 Å². The number of nitro groups is 4. The average molecular weight is 725 g/mol. The number of benzene rings is 4. The van der Waals surface area contributed by atoms with E-state index in [9.17, 15) is 58.5 Å². The standard InChI is InChI=1S/C30H24N6O14S/c1-49-25-7-3-17(4-8-25)29(31-27(37)19-11-21(33(39)40)15-22(12-19)34(41)42)51(47,48)30(18-5-9-26(50-2)10-6-18)32-28(38)20-13-23(35(43)44)16-24(14-20)36(45)46/h3-16,29-30H,1-2H3,(H,31,37)(H,32,38). The van der Waals surface area contributed by atoms with Gasteiger partial charge in [0.1, 0.15) is 11.5 Å². The van der Waals surface area contributed by atoms with Crippen LogP contribution in [0.25, 0.3) is 0 Å². The summed E-state index contributed by atoms with van der Waals surface area (Å²) >= 11 is 0. The molecule has 21 heteroatoms. The van der Waals surface area contributed by atoms with Gasteiger partial charge in [0.25, 0.3) is 34.6 Å². The largest absolute Gasteiger partial charge is 0.497 e. The zero-order valence-electron chi connectivity index (χ0n) is 26.2. The lowest BCUT2D eigenvalue weighted by atomic mass is 10.1. The Hall–Kier alpha value is -7.03. The number of methoxy groups -OCH3 is 2. The van der Waals surface area contributed by atoms with Crippen molar-refractivity contribution in [2.75, 3.05) is 14.2 Å². The SMILES string of the molecule is COc1ccc(C(NC(=O)c2cc([N+](=O)[O-])cc([N+](=O)[O-])c2)S(=O)(=O)C(NC(=O)c2cc([N+](=O)[O-])cc([N+](=O)[O-])c2)c2ccc(OC)cc2)cc1. The topological polar surface area (TPSA) is 283 Å². The van der Waals surface area contributed by atoms with Crippen molar-refractivity contribution < 1.29 is 47.2 Å². The van der Waals surface area contributed by atoms with Crippen molar-refractivity contribution in [1.29, 1.82) is 0 Å². The number of sulfone groups is 1. The van der Waals surface area contributed by atoms with Crippen LogP contribution in [0, 0.1) is 40.5 Å². The minimum absolute atomic E-state index is 0.136. The molecule has 2 unspecified atom stereocenters. The molecule has 0 radical (unpaired) electrons. The van der Waals surface area contributed by atoms with Crippen LogP contribution in [0.15, 0.2) is 84.9 Å². The molecule has 0 heterocycles. The number of hydrogen-bond donors (Lipinski definition) is 2. The van der Waals surface area contributed by atoms with Crippen LogP contribution in [-0.4, -0.2) is 54.1 Å². The molecule has 0 saturated carbocycles. The monoisotopic (exact) mass is 724 g/mol. The lowest BCUT2D eigenvalue weighted by molar-refractivity contribution is -0.394. The Labute approximate surface area is 286 Å². The smallest absolute Gasteiger partial charge is 0.277 e. The van der Waals surface area contributed by atoms with E-state index in [1.165, 1.54) is 62.8 Å². The number of nitrogens with one attached hydrogen (secondary N) is 2. The maximum Gasteiger partial charge on any atom is 0.277 e. The fraction of sp³-hybridized carbons (Fsp3) is 0.133. The Morgan fingerprint density at radius 2 is 0.824 bits per heavy atom. The predicted molar refractivity (Wildman–Crippen MR) is 175 cm³/mol. The van der Waals surface area contributed by atoms with E-state index < -0.39 is 86.0 Å². The Bertz CT molecular complexity index is 1950. The molecule has 4 aromatic rings. The van der Waals surface area contributed by atoms with Crippen molar-refractivity contribution in [1.82, 2.24) is 10.6 Å². The number of carbonyl (C=O) groups is 2. The number of ether oxygens (including phenoxy) is 2. The molecule has 0 aliphatic heterocycles. The van der Waals surface area contributed by atoms with Gasteiger partial charge in [0.2, 0.25) is 9.84 Å². The van der Waals surface area contributed by atoms with Crippen LogP contribution in [0.5, 0.6) is 11.5 Å². The highest BCUT2D eigenvalue weighted by atomic mass is 32.2. The number of amides is 2. The molecule has 0 aromatic heterocycles. The molecule has 0 aliphatic rings. The Balaban J connectivity index is 1.89. The van der Waals surface area contributed by atoms with E-state index in [2.05, 4.69) is 10.6 Å². The van der Waals surface area contributed by atoms with E-state index in [4.69, 9.17) is 9.47 Å². The summed E-state index contributed by atoms with van der Waals surface area (Å²) < 4.78 is 39.5. The molecule has 2 amide bonds. The predicted octanol–water partition coefficient (Wildman–Crippen LogP) is 4.31. The fourth-order valence-corrected chi connectivity index (χ4v) is 6.57. The van der Waals surface area contributed by atoms with E-state index in [1.807, 2.05) is 0 Å². The molecular weight excluding hydrogens is 700 g/mol. The lowest BCUT2D eigenvalue weighted by Gasteiger charge is -2.27. The van der Waals surface area contributed by atoms with E-state index >= 15 is 0 Å². The van der Waals surface area contributed by atoms with E-state index in [1.54, 1.807) is 0 Å². The maximum atomic E-state index is 14.7. The van der Waals surface area contributed by atoms with Gasteiger partial charge in [-0.25, -0.2) is 8.42 Å². The molecule has 2 atom stereocenters. The Morgan fingerprint density at radius 1 is 0.549 bits per heavy atom. The van der Waals surface area contributed by atoms with Gasteiger partial charge in [-0.1, -0.05) is 24.3 Å². The van der Waals surface area contributed by atoms with Gasteiger partial charge in [0.15, 0.2) is 10.7 Å². The molecule has 4 aromatic carbocycles. The number of nitrogens with zero attached hydrogens (tertiary/aromatic N) is 4. The van der Waals surface area contributed by atoms with Crippen molar-refractivity contribution in [3.8, 4) is 11.5 Å². The minimum atomic E-state index is -5.00. The average Bonchev–Trinajstić information content (AvgIpc) is 3.12. The van der Waals surface area contributed by atoms with E-state index in [0.29, 0.717) is 36.4 Å². The summed E-state index contributed by atoms with van der Waals surface area (Å²) in [5.41, 5.74) is -4.94. The van der Waals surface area contributed by atoms with Crippen LogP contribution < -0.4 is 20.1 Å². The van der Waals surface area contributed by atoms with Gasteiger partial charge in [0.05, 0.1) is 57.2 Å². The number of non-ortho nitro benzene ring substituents is 4. The Morgan fingerprint density at radius 3 is 1.06 bits per heavy atom. The third kappa shape index (κ3) is 8.34. The first-order valence-corrected chi connectivity index (χ1v) is 15.7. The van der Waals surface area contributed by atoms with Gasteiger partial charge in [-0.05, 0) is 35.4 Å². The molecule has 20 nitrogen and oxygen atoms in total. The van der Waals surface area contributed by atoms with E-state index in [-0.39, 0.29) is 22.6 Å². The van der Waals surface area contributed by atoms with Crippen LogP contribution in [0.3, 0.4) is 0 Å². The van der Waals surface area contributed by atoms with Gasteiger partial charge < -0.3 is 20.1 Å². The molecule has 4 rings (SSSR count). The second-order valence-electron chi connectivity index (χ2n) is 10.3. The highest BCUT2D eigenvalue weighted by Gasteiger charge is 2.39. The number of carbonyl (C=O) groups excluding carboxylic acids is 2. The maximum absolute atomic E-state index is 14.7. The van der Waals surface area contributed by atoms with Crippen LogP contribution >= 0.6 is 0 Å². The summed E-state index contributed by atoms with van der Waals surface area (Å²) in [5, 5.41) is 46.1. The van der Waals surface area contributed by atoms with Crippen LogP contribution in [0.4, 0.5) is 22.7 Å². The summed E-state index contributed by atoms with van der Waals surface area (Å²) in [5.74, 6) is -2.08. The fourth-order valence-electron chi connectivity index (χ4n) is 4.68.